The molecule has 0 saturated heterocycles. The van der Waals surface area contributed by atoms with E-state index in [0.29, 0.717) is 41.1 Å². The molecule has 0 N–H and O–H groups in total. The van der Waals surface area contributed by atoms with Gasteiger partial charge in [-0.15, -0.1) is 23.4 Å². The van der Waals surface area contributed by atoms with Gasteiger partial charge in [0.1, 0.15) is 17.2 Å². The number of nitrogens with zero attached hydrogens (tertiary/aromatic N) is 4. The molecule has 2 aromatic heterocycles. The molecule has 11 heteroatoms. The molecule has 0 radical (unpaired) electrons. The maximum atomic E-state index is 12.2. The zero-order valence-electron chi connectivity index (χ0n) is 14.9. The summed E-state index contributed by atoms with van der Waals surface area (Å²) >= 11 is 0. The predicted octanol–water partition coefficient (Wildman–Crippen LogP) is 4.19. The first-order valence-electron chi connectivity index (χ1n) is 8.38. The molecule has 1 aromatic carbocycles. The van der Waals surface area contributed by atoms with Gasteiger partial charge in [0.2, 0.25) is 11.8 Å². The first-order valence-corrected chi connectivity index (χ1v) is 8.38. The second kappa shape index (κ2) is 7.41. The highest BCUT2D eigenvalue weighted by atomic mass is 19.4. The number of oxime groups is 1. The third-order valence-electron chi connectivity index (χ3n) is 3.84. The Kier molecular flexibility index (Phi) is 4.79. The smallest absolute Gasteiger partial charge is 0.438 e. The first kappa shape index (κ1) is 18.7. The molecule has 0 amide bonds. The van der Waals surface area contributed by atoms with Crippen molar-refractivity contribution in [2.45, 2.75) is 25.8 Å². The molecule has 0 saturated carbocycles. The Balaban J connectivity index is 1.35. The molecule has 0 spiro atoms. The Morgan fingerprint density at radius 3 is 2.41 bits per heavy atom. The topological polar surface area (TPSA) is 91.9 Å². The van der Waals surface area contributed by atoms with Gasteiger partial charge in [-0.3, -0.25) is 0 Å². The number of hydrogen-bond acceptors (Lipinski definition) is 8. The minimum absolute atomic E-state index is 0.300. The maximum absolute atomic E-state index is 12.2. The lowest BCUT2D eigenvalue weighted by Crippen LogP contribution is -2.17. The summed E-state index contributed by atoms with van der Waals surface area (Å²) in [5, 5.41) is 11.5. The van der Waals surface area contributed by atoms with Crippen LogP contribution in [-0.4, -0.2) is 27.4 Å². The van der Waals surface area contributed by atoms with Crippen LogP contribution >= 0.6 is 0 Å². The number of rotatable bonds is 4. The van der Waals surface area contributed by atoms with Crippen molar-refractivity contribution in [3.63, 3.8) is 0 Å². The van der Waals surface area contributed by atoms with Crippen LogP contribution in [0.3, 0.4) is 0 Å². The van der Waals surface area contributed by atoms with E-state index < -0.39 is 12.5 Å². The third kappa shape index (κ3) is 4.62. The predicted molar refractivity (Wildman–Crippen MR) is 91.9 cm³/mol. The number of halogens is 3. The highest BCUT2D eigenvalue weighted by molar-refractivity contribution is 5.79. The van der Waals surface area contributed by atoms with Crippen molar-refractivity contribution in [1.82, 2.24) is 15.2 Å². The van der Waals surface area contributed by atoms with Crippen LogP contribution in [0.2, 0.25) is 0 Å². The average Bonchev–Trinajstić information content (AvgIpc) is 3.31. The van der Waals surface area contributed by atoms with E-state index >= 15 is 0 Å². The van der Waals surface area contributed by atoms with Crippen LogP contribution in [0.1, 0.15) is 24.0 Å². The van der Waals surface area contributed by atoms with E-state index in [-0.39, 0.29) is 5.75 Å². The number of aromatic nitrogens is 3. The number of aryl methyl sites for hydroxylation is 1. The summed E-state index contributed by atoms with van der Waals surface area (Å²) in [5.41, 5.74) is 1.14. The zero-order chi connectivity index (χ0) is 20.4. The van der Waals surface area contributed by atoms with Gasteiger partial charge in [-0.05, 0) is 29.8 Å². The van der Waals surface area contributed by atoms with E-state index in [9.17, 15) is 13.2 Å². The minimum atomic E-state index is -4.73. The molecule has 0 aliphatic carbocycles. The molecular formula is C18H13F3N4O4. The van der Waals surface area contributed by atoms with Crippen molar-refractivity contribution in [1.29, 1.82) is 0 Å². The van der Waals surface area contributed by atoms with Gasteiger partial charge in [0.15, 0.2) is 6.10 Å². The molecule has 150 valence electrons. The van der Waals surface area contributed by atoms with Crippen LogP contribution in [0, 0.1) is 6.92 Å². The molecule has 3 aromatic rings. The molecule has 0 bridgehead atoms. The maximum Gasteiger partial charge on any atom is 0.573 e. The van der Waals surface area contributed by atoms with Crippen molar-refractivity contribution < 1.29 is 31.9 Å². The lowest BCUT2D eigenvalue weighted by Gasteiger charge is -2.11. The van der Waals surface area contributed by atoms with Crippen molar-refractivity contribution in [3.8, 4) is 23.1 Å². The first-order chi connectivity index (χ1) is 13.9. The third-order valence-corrected chi connectivity index (χ3v) is 3.84. The number of alkyl halides is 3. The molecule has 1 atom stereocenters. The standard InChI is InChI=1S/C18H13F3N4O4/c1-10-23-24-17(26-10)14-7-6-13(9-22-14)27-16-8-15(29-25-16)11-2-4-12(5-3-11)28-18(19,20)21/h2-7,9,15H,8H2,1H3/t15-/m1/s1. The van der Waals surface area contributed by atoms with Crippen LogP contribution in [0.4, 0.5) is 13.2 Å². The monoisotopic (exact) mass is 406 g/mol. The highest BCUT2D eigenvalue weighted by Crippen LogP contribution is 2.31. The van der Waals surface area contributed by atoms with Gasteiger partial charge in [0, 0.05) is 6.92 Å². The van der Waals surface area contributed by atoms with Crippen molar-refractivity contribution in [3.05, 3.63) is 54.0 Å². The van der Waals surface area contributed by atoms with Gasteiger partial charge in [0.05, 0.1) is 12.6 Å². The summed E-state index contributed by atoms with van der Waals surface area (Å²) < 4.78 is 51.5. The summed E-state index contributed by atoms with van der Waals surface area (Å²) in [6.45, 7) is 1.68. The van der Waals surface area contributed by atoms with Crippen molar-refractivity contribution >= 4 is 5.90 Å². The van der Waals surface area contributed by atoms with Crippen molar-refractivity contribution in [2.75, 3.05) is 0 Å². The van der Waals surface area contributed by atoms with E-state index in [1.807, 2.05) is 0 Å². The average molecular weight is 406 g/mol. The molecule has 29 heavy (non-hydrogen) atoms. The summed E-state index contributed by atoms with van der Waals surface area (Å²) in [6, 6.07) is 8.72. The van der Waals surface area contributed by atoms with Crippen LogP contribution in [0.15, 0.2) is 52.2 Å². The molecule has 1 aliphatic rings. The Labute approximate surface area is 161 Å². The Hall–Kier alpha value is -3.63. The molecule has 0 fully saturated rings. The lowest BCUT2D eigenvalue weighted by molar-refractivity contribution is -0.274. The second-order valence-electron chi connectivity index (χ2n) is 6.01. The SMILES string of the molecule is Cc1nnc(-c2ccc(OC3=NO[C@@H](c4ccc(OC(F)(F)F)cc4)C3)cn2)o1. The van der Waals surface area contributed by atoms with Gasteiger partial charge < -0.3 is 18.7 Å². The minimum Gasteiger partial charge on any atom is -0.438 e. The molecule has 3 heterocycles. The second-order valence-corrected chi connectivity index (χ2v) is 6.01. The quantitative estimate of drug-likeness (QED) is 0.641. The molecular weight excluding hydrogens is 393 g/mol. The van der Waals surface area contributed by atoms with E-state index in [1.54, 1.807) is 19.1 Å². The molecule has 1 aliphatic heterocycles. The fourth-order valence-corrected chi connectivity index (χ4v) is 2.58. The molecule has 0 unspecified atom stereocenters. The van der Waals surface area contributed by atoms with Crippen LogP contribution < -0.4 is 9.47 Å². The number of ether oxygens (including phenoxy) is 2. The number of benzene rings is 1. The lowest BCUT2D eigenvalue weighted by atomic mass is 10.1. The van der Waals surface area contributed by atoms with Crippen molar-refractivity contribution in [2.24, 2.45) is 5.16 Å². The van der Waals surface area contributed by atoms with Gasteiger partial charge in [-0.2, -0.15) is 0 Å². The fraction of sp³-hybridized carbons (Fsp3) is 0.222. The Morgan fingerprint density at radius 1 is 1.03 bits per heavy atom. The largest absolute Gasteiger partial charge is 0.573 e. The van der Waals surface area contributed by atoms with Crippen LogP contribution in [-0.2, 0) is 4.84 Å². The summed E-state index contributed by atoms with van der Waals surface area (Å²) in [6.07, 6.45) is -3.42. The molecule has 8 nitrogen and oxygen atoms in total. The van der Waals surface area contributed by atoms with Gasteiger partial charge in [0.25, 0.3) is 5.89 Å². The summed E-state index contributed by atoms with van der Waals surface area (Å²) in [7, 11) is 0. The summed E-state index contributed by atoms with van der Waals surface area (Å²) in [4.78, 5) is 9.50. The fourth-order valence-electron chi connectivity index (χ4n) is 2.58. The normalized spacial score (nSPS) is 16.3. The number of pyridine rings is 1. The summed E-state index contributed by atoms with van der Waals surface area (Å²) in [5.74, 6) is 1.17. The number of hydrogen-bond donors (Lipinski definition) is 0. The van der Waals surface area contributed by atoms with Crippen LogP contribution in [0.25, 0.3) is 11.6 Å². The Morgan fingerprint density at radius 2 is 1.79 bits per heavy atom. The van der Waals surface area contributed by atoms with Crippen LogP contribution in [0.5, 0.6) is 11.5 Å². The van der Waals surface area contributed by atoms with E-state index in [4.69, 9.17) is 14.0 Å². The van der Waals surface area contributed by atoms with Gasteiger partial charge in [-0.25, -0.2) is 4.98 Å². The van der Waals surface area contributed by atoms with E-state index in [1.165, 1.54) is 30.5 Å². The highest BCUT2D eigenvalue weighted by Gasteiger charge is 2.31. The van der Waals surface area contributed by atoms with E-state index in [2.05, 4.69) is 25.1 Å². The van der Waals surface area contributed by atoms with Gasteiger partial charge in [-0.1, -0.05) is 17.3 Å². The van der Waals surface area contributed by atoms with E-state index in [0.717, 1.165) is 0 Å². The molecule has 4 rings (SSSR count). The van der Waals surface area contributed by atoms with Gasteiger partial charge >= 0.3 is 6.36 Å². The Bertz CT molecular complexity index is 1020. The zero-order valence-corrected chi connectivity index (χ0v) is 14.9.